The molecule has 1 aromatic heterocycles. The molecule has 2 aromatic rings. The maximum absolute atomic E-state index is 13.2. The minimum absolute atomic E-state index is 0.171. The zero-order valence-electron chi connectivity index (χ0n) is 20.0. The summed E-state index contributed by atoms with van der Waals surface area (Å²) in [6, 6.07) is 10.5. The van der Waals surface area contributed by atoms with E-state index < -0.39 is 0 Å². The van der Waals surface area contributed by atoms with E-state index in [4.69, 9.17) is 4.98 Å². The summed E-state index contributed by atoms with van der Waals surface area (Å²) in [5, 5.41) is 17.8. The highest BCUT2D eigenvalue weighted by molar-refractivity contribution is 6.01. The molecule has 0 aliphatic heterocycles. The lowest BCUT2D eigenvalue weighted by atomic mass is 9.49. The Labute approximate surface area is 202 Å². The summed E-state index contributed by atoms with van der Waals surface area (Å²) >= 11 is 0. The third-order valence-electron chi connectivity index (χ3n) is 10.3. The lowest BCUT2D eigenvalue weighted by molar-refractivity contribution is -0.124. The number of carbonyl (C=O) groups is 1. The Hall–Kier alpha value is -2.14. The van der Waals surface area contributed by atoms with Gasteiger partial charge in [0.2, 0.25) is 5.91 Å². The van der Waals surface area contributed by atoms with Gasteiger partial charge < -0.3 is 15.7 Å². The molecular weight excluding hydrogens is 422 g/mol. The van der Waals surface area contributed by atoms with E-state index in [1.54, 1.807) is 0 Å². The van der Waals surface area contributed by atoms with Crippen molar-refractivity contribution in [3.8, 4) is 0 Å². The van der Waals surface area contributed by atoms with Gasteiger partial charge in [-0.1, -0.05) is 6.07 Å². The van der Waals surface area contributed by atoms with Crippen molar-refractivity contribution in [2.24, 2.45) is 40.9 Å². The van der Waals surface area contributed by atoms with E-state index in [0.717, 1.165) is 40.2 Å². The van der Waals surface area contributed by atoms with Crippen molar-refractivity contribution in [3.05, 3.63) is 30.3 Å². The lowest BCUT2D eigenvalue weighted by Crippen LogP contribution is -2.47. The second-order valence-corrected chi connectivity index (χ2v) is 12.6. The number of nitrogens with zero attached hydrogens (tertiary/aromatic N) is 1. The highest BCUT2D eigenvalue weighted by atomic mass is 16.3. The van der Waals surface area contributed by atoms with Crippen LogP contribution in [-0.2, 0) is 4.79 Å². The molecule has 0 spiro atoms. The van der Waals surface area contributed by atoms with Crippen LogP contribution >= 0.6 is 0 Å². The Bertz CT molecular complexity index is 1080. The second-order valence-electron chi connectivity index (χ2n) is 12.6. The first-order valence-corrected chi connectivity index (χ1v) is 13.6. The van der Waals surface area contributed by atoms with Gasteiger partial charge in [-0.3, -0.25) is 4.79 Å². The van der Waals surface area contributed by atoms with Crippen LogP contribution in [0.5, 0.6) is 0 Å². The van der Waals surface area contributed by atoms with Crippen LogP contribution in [0.1, 0.15) is 64.2 Å². The van der Waals surface area contributed by atoms with E-state index in [-0.39, 0.29) is 17.9 Å². The van der Waals surface area contributed by atoms with Crippen LogP contribution in [0.2, 0.25) is 0 Å². The molecule has 5 nitrogen and oxygen atoms in total. The molecule has 1 unspecified atom stereocenters. The molecule has 3 N–H and O–H groups in total. The zero-order valence-corrected chi connectivity index (χ0v) is 20.0. The number of nitrogens with one attached hydrogen (secondary N) is 2. The average Bonchev–Trinajstić information content (AvgIpc) is 3.39. The van der Waals surface area contributed by atoms with Gasteiger partial charge in [0.25, 0.3) is 0 Å². The molecule has 6 aliphatic carbocycles. The summed E-state index contributed by atoms with van der Waals surface area (Å²) in [6.07, 6.45) is 12.4. The summed E-state index contributed by atoms with van der Waals surface area (Å²) in [5.41, 5.74) is 2.03. The van der Waals surface area contributed by atoms with E-state index in [2.05, 4.69) is 16.7 Å². The number of amides is 1. The van der Waals surface area contributed by atoms with Crippen molar-refractivity contribution in [1.82, 2.24) is 4.98 Å². The van der Waals surface area contributed by atoms with Gasteiger partial charge in [0.05, 0.1) is 11.2 Å². The van der Waals surface area contributed by atoms with Crippen LogP contribution < -0.4 is 10.6 Å². The summed E-state index contributed by atoms with van der Waals surface area (Å²) in [4.78, 5) is 18.1. The quantitative estimate of drug-likeness (QED) is 0.526. The molecule has 0 saturated heterocycles. The van der Waals surface area contributed by atoms with Crippen LogP contribution in [0.15, 0.2) is 30.3 Å². The summed E-state index contributed by atoms with van der Waals surface area (Å²) < 4.78 is 0. The van der Waals surface area contributed by atoms with Crippen LogP contribution in [0.4, 0.5) is 11.5 Å². The number of hydrogen-bond acceptors (Lipinski definition) is 4. The first-order chi connectivity index (χ1) is 16.6. The molecule has 6 bridgehead atoms. The third-order valence-corrected chi connectivity index (χ3v) is 10.3. The maximum Gasteiger partial charge on any atom is 0.224 e. The number of aromatic nitrogens is 1. The van der Waals surface area contributed by atoms with Crippen molar-refractivity contribution in [2.45, 2.75) is 70.3 Å². The molecule has 6 fully saturated rings. The first kappa shape index (κ1) is 21.2. The molecule has 6 aliphatic rings. The van der Waals surface area contributed by atoms with Crippen LogP contribution in [0.25, 0.3) is 10.9 Å². The first-order valence-electron chi connectivity index (χ1n) is 13.6. The zero-order chi connectivity index (χ0) is 22.9. The predicted molar refractivity (Wildman–Crippen MR) is 134 cm³/mol. The summed E-state index contributed by atoms with van der Waals surface area (Å²) in [5.74, 6) is 5.29. The van der Waals surface area contributed by atoms with Crippen LogP contribution in [-0.4, -0.2) is 28.6 Å². The van der Waals surface area contributed by atoms with Gasteiger partial charge in [0.1, 0.15) is 5.82 Å². The van der Waals surface area contributed by atoms with Crippen molar-refractivity contribution < 1.29 is 9.90 Å². The van der Waals surface area contributed by atoms with E-state index in [9.17, 15) is 9.90 Å². The molecule has 6 saturated carbocycles. The van der Waals surface area contributed by atoms with Gasteiger partial charge in [-0.25, -0.2) is 4.98 Å². The van der Waals surface area contributed by atoms with E-state index >= 15 is 0 Å². The smallest absolute Gasteiger partial charge is 0.224 e. The normalized spacial score (nSPS) is 39.6. The molecule has 1 amide bonds. The maximum atomic E-state index is 13.2. The van der Waals surface area contributed by atoms with Crippen LogP contribution in [0.3, 0.4) is 0 Å². The Morgan fingerprint density at radius 3 is 2.44 bits per heavy atom. The number of rotatable bonds is 6. The molecule has 1 aromatic carbocycles. The number of aliphatic hydroxyl groups is 1. The minimum atomic E-state index is 0.171. The molecule has 4 atom stereocenters. The number of anilines is 2. The molecule has 8 rings (SSSR count). The van der Waals surface area contributed by atoms with Gasteiger partial charge in [-0.05, 0) is 117 Å². The number of benzene rings is 1. The van der Waals surface area contributed by atoms with Gasteiger partial charge in [-0.2, -0.15) is 0 Å². The number of aliphatic hydroxyl groups excluding tert-OH is 1. The van der Waals surface area contributed by atoms with Crippen LogP contribution in [0, 0.1) is 40.9 Å². The van der Waals surface area contributed by atoms with E-state index in [1.165, 1.54) is 57.8 Å². The fraction of sp³-hybridized carbons (Fsp3) is 0.655. The Kier molecular flexibility index (Phi) is 4.94. The Morgan fingerprint density at radius 2 is 1.71 bits per heavy atom. The summed E-state index contributed by atoms with van der Waals surface area (Å²) in [7, 11) is 0. The third kappa shape index (κ3) is 3.54. The number of pyridine rings is 1. The predicted octanol–water partition coefficient (Wildman–Crippen LogP) is 5.60. The molecule has 34 heavy (non-hydrogen) atoms. The largest absolute Gasteiger partial charge is 0.396 e. The van der Waals surface area contributed by atoms with E-state index in [0.29, 0.717) is 30.2 Å². The van der Waals surface area contributed by atoms with Crippen molar-refractivity contribution in [3.63, 3.8) is 0 Å². The van der Waals surface area contributed by atoms with Crippen molar-refractivity contribution in [1.29, 1.82) is 0 Å². The molecule has 180 valence electrons. The van der Waals surface area contributed by atoms with Gasteiger partial charge in [-0.15, -0.1) is 0 Å². The number of fused-ring (bicyclic) bond motifs is 3. The highest BCUT2D eigenvalue weighted by Gasteiger charge is 2.51. The SMILES string of the molecule is O=C(CC12CC3CC(CC(C3)C1)C2)Nc1cccc2nc(NC3[C@H]4CC[C@H](C4)[C@@H]3CO)ccc12. The highest BCUT2D eigenvalue weighted by Crippen LogP contribution is 2.61. The van der Waals surface area contributed by atoms with Crippen molar-refractivity contribution >= 4 is 28.3 Å². The number of hydrogen-bond donors (Lipinski definition) is 3. The monoisotopic (exact) mass is 459 g/mol. The molecule has 1 heterocycles. The topological polar surface area (TPSA) is 74.2 Å². The molecule has 0 radical (unpaired) electrons. The fourth-order valence-corrected chi connectivity index (χ4v) is 9.45. The van der Waals surface area contributed by atoms with Gasteiger partial charge in [0.15, 0.2) is 0 Å². The Balaban J connectivity index is 1.07. The van der Waals surface area contributed by atoms with Gasteiger partial charge in [0, 0.05) is 30.4 Å². The minimum Gasteiger partial charge on any atom is -0.396 e. The Morgan fingerprint density at radius 1 is 0.971 bits per heavy atom. The fourth-order valence-electron chi connectivity index (χ4n) is 9.45. The summed E-state index contributed by atoms with van der Waals surface area (Å²) in [6.45, 7) is 0.256. The van der Waals surface area contributed by atoms with E-state index in [1.807, 2.05) is 24.3 Å². The van der Waals surface area contributed by atoms with Crippen molar-refractivity contribution in [2.75, 3.05) is 17.2 Å². The lowest BCUT2D eigenvalue weighted by Gasteiger charge is -2.56. The standard InChI is InChI=1S/C29H37N3O2/c33-16-23-20-4-5-21(11-20)28(23)32-26-7-6-22-24(30-26)2-1-3-25(22)31-27(34)15-29-12-17-8-18(13-29)10-19(9-17)14-29/h1-3,6-7,17-21,23,28,33H,4-5,8-16H2,(H,30,32)(H,31,34)/t17?,18?,19?,20-,21+,23+,28?,29?/m1/s1. The molecular formula is C29H37N3O2. The molecule has 5 heteroatoms. The second kappa shape index (κ2) is 7.94. The number of carbonyl (C=O) groups excluding carboxylic acids is 1. The average molecular weight is 460 g/mol. The van der Waals surface area contributed by atoms with Gasteiger partial charge >= 0.3 is 0 Å².